The van der Waals surface area contributed by atoms with Gasteiger partial charge in [0, 0.05) is 35.2 Å². The van der Waals surface area contributed by atoms with Crippen molar-refractivity contribution in [2.75, 3.05) is 11.5 Å². The molecule has 8 nitrogen and oxygen atoms in total. The molecule has 0 saturated carbocycles. The van der Waals surface area contributed by atoms with Crippen molar-refractivity contribution < 1.29 is 31.8 Å². The Morgan fingerprint density at radius 1 is 1.14 bits per heavy atom. The van der Waals surface area contributed by atoms with Crippen LogP contribution in [0.2, 0.25) is 0 Å². The lowest BCUT2D eigenvalue weighted by molar-refractivity contribution is -0.0498. The van der Waals surface area contributed by atoms with Crippen LogP contribution in [0.4, 0.5) is 13.2 Å². The molecular weight excluding hydrogens is 499 g/mol. The Morgan fingerprint density at radius 2 is 1.81 bits per heavy atom. The predicted octanol–water partition coefficient (Wildman–Crippen LogP) is 5.15. The quantitative estimate of drug-likeness (QED) is 0.411. The molecule has 12 heteroatoms. The lowest BCUT2D eigenvalue weighted by Gasteiger charge is -2.44. The summed E-state index contributed by atoms with van der Waals surface area (Å²) in [5.41, 5.74) is -0.875. The second-order valence-electron chi connectivity index (χ2n) is 9.50. The maximum absolute atomic E-state index is 15.3. The molecular formula is C24H28F3N3O5S. The number of imidazole rings is 1. The third kappa shape index (κ3) is 5.11. The third-order valence-corrected chi connectivity index (χ3v) is 8.12. The van der Waals surface area contributed by atoms with E-state index in [1.807, 2.05) is 0 Å². The molecule has 0 unspecified atom stereocenters. The normalized spacial score (nSPS) is 17.9. The zero-order valence-electron chi connectivity index (χ0n) is 20.0. The second-order valence-corrected chi connectivity index (χ2v) is 11.9. The topological polar surface area (TPSA) is 106 Å². The van der Waals surface area contributed by atoms with Gasteiger partial charge in [-0.15, -0.1) is 0 Å². The molecule has 1 aliphatic rings. The predicted molar refractivity (Wildman–Crippen MR) is 132 cm³/mol. The molecule has 2 aromatic carbocycles. The fourth-order valence-electron chi connectivity index (χ4n) is 4.43. The van der Waals surface area contributed by atoms with Crippen molar-refractivity contribution in [3.8, 4) is 11.4 Å². The summed E-state index contributed by atoms with van der Waals surface area (Å²) in [5, 5.41) is 2.81. The number of rotatable bonds is 6. The number of nitrogens with one attached hydrogen (secondary N) is 1. The second kappa shape index (κ2) is 9.49. The van der Waals surface area contributed by atoms with E-state index < -0.39 is 40.2 Å². The summed E-state index contributed by atoms with van der Waals surface area (Å²) in [6.45, 7) is 2.23. The van der Waals surface area contributed by atoms with Crippen LogP contribution in [-0.4, -0.2) is 47.8 Å². The minimum Gasteiger partial charge on any atom is -0.435 e. The summed E-state index contributed by atoms with van der Waals surface area (Å²) < 4.78 is 67.4. The van der Waals surface area contributed by atoms with Crippen molar-refractivity contribution >= 4 is 27.5 Å². The number of alkyl halides is 2. The van der Waals surface area contributed by atoms with E-state index in [-0.39, 0.29) is 40.1 Å². The van der Waals surface area contributed by atoms with Crippen LogP contribution in [0, 0.1) is 5.82 Å². The number of aromatic nitrogens is 2. The first-order chi connectivity index (χ1) is 16.8. The molecule has 3 aromatic rings. The summed E-state index contributed by atoms with van der Waals surface area (Å²) >= 11 is 0. The summed E-state index contributed by atoms with van der Waals surface area (Å²) in [5.74, 6) is -1.41. The molecule has 0 atom stereocenters. The van der Waals surface area contributed by atoms with Crippen LogP contribution in [0.25, 0.3) is 16.7 Å². The van der Waals surface area contributed by atoms with E-state index in [1.165, 1.54) is 39.5 Å². The van der Waals surface area contributed by atoms with Gasteiger partial charge >= 0.3 is 12.3 Å². The van der Waals surface area contributed by atoms with Gasteiger partial charge in [0.15, 0.2) is 0 Å². The van der Waals surface area contributed by atoms with E-state index in [2.05, 4.69) is 10.1 Å². The van der Waals surface area contributed by atoms with Crippen molar-refractivity contribution in [3.63, 3.8) is 0 Å². The Bertz CT molecular complexity index is 1360. The molecule has 0 spiro atoms. The van der Waals surface area contributed by atoms with E-state index in [1.54, 1.807) is 20.8 Å². The van der Waals surface area contributed by atoms with Gasteiger partial charge in [0.25, 0.3) is 5.91 Å². The molecule has 4 rings (SSSR count). The van der Waals surface area contributed by atoms with Crippen LogP contribution in [0.5, 0.6) is 5.75 Å². The standard InChI is InChI=1S/C24H28F3N3O5S/c1-14(2)29-19-12-17(21(31)28-24(3)7-9-36(33,34)10-8-24)18(25)13-20(19)30(23(29)32)15-5-4-6-16(11-15)35-22(26)27/h4-6,11-14,22,33-34H,7-10H2,1-3H3,(H,28,31). The largest absolute Gasteiger partial charge is 0.435 e. The highest BCUT2D eigenvalue weighted by Crippen LogP contribution is 2.46. The van der Waals surface area contributed by atoms with Gasteiger partial charge in [-0.1, -0.05) is 6.07 Å². The minimum absolute atomic E-state index is 0.148. The summed E-state index contributed by atoms with van der Waals surface area (Å²) in [6.07, 6.45) is 0.657. The van der Waals surface area contributed by atoms with Gasteiger partial charge in [-0.05, 0) is 51.8 Å². The van der Waals surface area contributed by atoms with E-state index in [4.69, 9.17) is 0 Å². The molecule has 1 amide bonds. The van der Waals surface area contributed by atoms with Crippen molar-refractivity contribution in [1.29, 1.82) is 0 Å². The molecule has 36 heavy (non-hydrogen) atoms. The van der Waals surface area contributed by atoms with Gasteiger partial charge in [-0.25, -0.2) is 9.18 Å². The Kier molecular flexibility index (Phi) is 6.88. The van der Waals surface area contributed by atoms with Crippen molar-refractivity contribution in [1.82, 2.24) is 14.5 Å². The molecule has 1 saturated heterocycles. The fraction of sp³-hybridized carbons (Fsp3) is 0.417. The number of carbonyl (C=O) groups is 1. The number of hydrogen-bond acceptors (Lipinski definition) is 5. The number of nitrogens with zero attached hydrogens (tertiary/aromatic N) is 2. The number of hydrogen-bond donors (Lipinski definition) is 3. The Labute approximate surface area is 207 Å². The van der Waals surface area contributed by atoms with Crippen molar-refractivity contribution in [2.45, 2.75) is 51.8 Å². The lowest BCUT2D eigenvalue weighted by Crippen LogP contribution is -2.50. The number of halogens is 3. The molecule has 1 aliphatic heterocycles. The molecule has 2 heterocycles. The number of amides is 1. The number of carbonyl (C=O) groups excluding carboxylic acids is 1. The van der Waals surface area contributed by atoms with Crippen LogP contribution < -0.4 is 15.7 Å². The zero-order valence-corrected chi connectivity index (χ0v) is 20.8. The van der Waals surface area contributed by atoms with E-state index >= 15 is 4.39 Å². The minimum atomic E-state index is -3.05. The van der Waals surface area contributed by atoms with Gasteiger partial charge in [-0.3, -0.25) is 23.0 Å². The third-order valence-electron chi connectivity index (χ3n) is 6.40. The molecule has 1 aromatic heterocycles. The van der Waals surface area contributed by atoms with Crippen LogP contribution in [0.1, 0.15) is 50.0 Å². The average molecular weight is 528 g/mol. The molecule has 3 N–H and O–H groups in total. The molecule has 196 valence electrons. The van der Waals surface area contributed by atoms with Crippen LogP contribution in [-0.2, 0) is 0 Å². The van der Waals surface area contributed by atoms with E-state index in [0.717, 1.165) is 6.07 Å². The Balaban J connectivity index is 1.78. The first-order valence-electron chi connectivity index (χ1n) is 11.4. The number of ether oxygens (including phenoxy) is 1. The van der Waals surface area contributed by atoms with Gasteiger partial charge in [0.05, 0.1) is 22.3 Å². The van der Waals surface area contributed by atoms with Crippen molar-refractivity contribution in [3.05, 3.63) is 58.3 Å². The molecule has 0 aliphatic carbocycles. The molecule has 0 bridgehead atoms. The monoisotopic (exact) mass is 527 g/mol. The number of fused-ring (bicyclic) bond motifs is 1. The summed E-state index contributed by atoms with van der Waals surface area (Å²) in [4.78, 5) is 26.4. The van der Waals surface area contributed by atoms with Crippen LogP contribution >= 0.6 is 10.6 Å². The van der Waals surface area contributed by atoms with Crippen LogP contribution in [0.3, 0.4) is 0 Å². The average Bonchev–Trinajstić information content (AvgIpc) is 3.06. The van der Waals surface area contributed by atoms with Gasteiger partial charge in [0.1, 0.15) is 11.6 Å². The van der Waals surface area contributed by atoms with Gasteiger partial charge in [-0.2, -0.15) is 19.4 Å². The van der Waals surface area contributed by atoms with Crippen LogP contribution in [0.15, 0.2) is 41.2 Å². The summed E-state index contributed by atoms with van der Waals surface area (Å²) in [7, 11) is -2.66. The highest BCUT2D eigenvalue weighted by Gasteiger charge is 2.35. The fourth-order valence-corrected chi connectivity index (χ4v) is 6.19. The van der Waals surface area contributed by atoms with E-state index in [9.17, 15) is 27.5 Å². The highest BCUT2D eigenvalue weighted by atomic mass is 32.3. The van der Waals surface area contributed by atoms with Crippen molar-refractivity contribution in [2.24, 2.45) is 0 Å². The number of benzene rings is 2. The first-order valence-corrected chi connectivity index (χ1v) is 13.3. The van der Waals surface area contributed by atoms with E-state index in [0.29, 0.717) is 18.4 Å². The Hall–Kier alpha value is -2.96. The SMILES string of the molecule is CC(C)n1c(=O)n(-c2cccc(OC(F)F)c2)c2cc(F)c(C(=O)NC3(C)CCS(O)(O)CC3)cc21. The highest BCUT2D eigenvalue weighted by molar-refractivity contribution is 8.24. The first kappa shape index (κ1) is 26.1. The lowest BCUT2D eigenvalue weighted by atomic mass is 9.94. The Morgan fingerprint density at radius 3 is 2.42 bits per heavy atom. The molecule has 0 radical (unpaired) electrons. The zero-order chi connectivity index (χ0) is 26.4. The van der Waals surface area contributed by atoms with Gasteiger partial charge < -0.3 is 10.1 Å². The molecule has 1 fully saturated rings. The summed E-state index contributed by atoms with van der Waals surface area (Å²) in [6, 6.07) is 7.54. The maximum atomic E-state index is 15.3. The maximum Gasteiger partial charge on any atom is 0.387 e. The smallest absolute Gasteiger partial charge is 0.387 e. The van der Waals surface area contributed by atoms with Gasteiger partial charge in [0.2, 0.25) is 0 Å².